The Bertz CT molecular complexity index is 1140. The predicted octanol–water partition coefficient (Wildman–Crippen LogP) is 4.20. The van der Waals surface area contributed by atoms with Gasteiger partial charge >= 0.3 is 0 Å². The first-order chi connectivity index (χ1) is 15.7. The second kappa shape index (κ2) is 10.5. The summed E-state index contributed by atoms with van der Waals surface area (Å²) in [6, 6.07) is 9.07. The molecule has 0 radical (unpaired) electrons. The summed E-state index contributed by atoms with van der Waals surface area (Å²) in [6.07, 6.45) is 3.75. The number of thioether (sulfide) groups is 1. The standard InChI is InChI=1S/C22H28N4O5S2/c1-4-25(5-2)33(30,31)17-9-10-19(24-12-6-7-13-24)18(15-17)23-22(27)16-8-11-21(32-3)20(14-16)26(28)29/h8-11,14-15H,4-7,12-13H2,1-3H3,(H,23,27). The Balaban J connectivity index is 2.02. The number of sulfonamides is 1. The van der Waals surface area contributed by atoms with E-state index >= 15 is 0 Å². The molecule has 0 bridgehead atoms. The lowest BCUT2D eigenvalue weighted by Gasteiger charge is -2.24. The molecule has 0 spiro atoms. The van der Waals surface area contributed by atoms with Crippen LogP contribution in [0, 0.1) is 10.1 Å². The quantitative estimate of drug-likeness (QED) is 0.317. The second-order valence-corrected chi connectivity index (χ2v) is 10.3. The number of carbonyl (C=O) groups is 1. The van der Waals surface area contributed by atoms with Crippen LogP contribution >= 0.6 is 11.8 Å². The highest BCUT2D eigenvalue weighted by Gasteiger charge is 2.25. The van der Waals surface area contributed by atoms with Crippen molar-refractivity contribution >= 4 is 44.8 Å². The van der Waals surface area contributed by atoms with Gasteiger partial charge in [-0.2, -0.15) is 4.31 Å². The molecule has 11 heteroatoms. The lowest BCUT2D eigenvalue weighted by atomic mass is 10.1. The maximum atomic E-state index is 13.0. The van der Waals surface area contributed by atoms with Crippen LogP contribution in [0.4, 0.5) is 17.1 Å². The van der Waals surface area contributed by atoms with Gasteiger partial charge in [0, 0.05) is 37.8 Å². The van der Waals surface area contributed by atoms with Gasteiger partial charge in [-0.05, 0) is 49.4 Å². The number of benzene rings is 2. The molecular formula is C22H28N4O5S2. The van der Waals surface area contributed by atoms with E-state index in [-0.39, 0.29) is 16.1 Å². The number of anilines is 2. The van der Waals surface area contributed by atoms with E-state index in [0.717, 1.165) is 31.6 Å². The van der Waals surface area contributed by atoms with Gasteiger partial charge in [0.15, 0.2) is 0 Å². The third-order valence-electron chi connectivity index (χ3n) is 5.64. The van der Waals surface area contributed by atoms with Crippen LogP contribution in [0.5, 0.6) is 0 Å². The molecule has 2 aromatic rings. The summed E-state index contributed by atoms with van der Waals surface area (Å²) in [5.41, 5.74) is 1.08. The van der Waals surface area contributed by atoms with Crippen LogP contribution < -0.4 is 10.2 Å². The maximum Gasteiger partial charge on any atom is 0.283 e. The van der Waals surface area contributed by atoms with Gasteiger partial charge in [0.2, 0.25) is 10.0 Å². The maximum absolute atomic E-state index is 13.0. The molecule has 9 nitrogen and oxygen atoms in total. The highest BCUT2D eigenvalue weighted by Crippen LogP contribution is 2.33. The van der Waals surface area contributed by atoms with E-state index < -0.39 is 20.9 Å². The third kappa shape index (κ3) is 5.31. The molecule has 0 aromatic heterocycles. The molecule has 1 N–H and O–H groups in total. The van der Waals surface area contributed by atoms with Crippen molar-refractivity contribution in [3.63, 3.8) is 0 Å². The number of nitrogens with one attached hydrogen (secondary N) is 1. The summed E-state index contributed by atoms with van der Waals surface area (Å²) in [4.78, 5) is 26.6. The summed E-state index contributed by atoms with van der Waals surface area (Å²) in [6.45, 7) is 5.82. The second-order valence-electron chi connectivity index (χ2n) is 7.56. The average molecular weight is 493 g/mol. The highest BCUT2D eigenvalue weighted by molar-refractivity contribution is 7.98. The van der Waals surface area contributed by atoms with Crippen LogP contribution in [0.15, 0.2) is 46.2 Å². The van der Waals surface area contributed by atoms with Crippen molar-refractivity contribution < 1.29 is 18.1 Å². The van der Waals surface area contributed by atoms with Crippen molar-refractivity contribution in [2.45, 2.75) is 36.5 Å². The van der Waals surface area contributed by atoms with Gasteiger partial charge in [0.1, 0.15) is 0 Å². The third-order valence-corrected chi connectivity index (χ3v) is 8.47. The molecule has 3 rings (SSSR count). The fraction of sp³-hybridized carbons (Fsp3) is 0.409. The Morgan fingerprint density at radius 1 is 1.15 bits per heavy atom. The number of rotatable bonds is 9. The first kappa shape index (κ1) is 25.0. The largest absolute Gasteiger partial charge is 0.370 e. The van der Waals surface area contributed by atoms with Gasteiger partial charge < -0.3 is 10.2 Å². The van der Waals surface area contributed by atoms with Crippen LogP contribution in [-0.2, 0) is 10.0 Å². The van der Waals surface area contributed by atoms with E-state index in [4.69, 9.17) is 0 Å². The van der Waals surface area contributed by atoms with Crippen LogP contribution in [0.1, 0.15) is 37.0 Å². The normalized spacial score (nSPS) is 14.0. The molecule has 33 heavy (non-hydrogen) atoms. The molecule has 178 valence electrons. The lowest BCUT2D eigenvalue weighted by molar-refractivity contribution is -0.387. The Morgan fingerprint density at radius 3 is 2.39 bits per heavy atom. The van der Waals surface area contributed by atoms with Crippen LogP contribution in [0.25, 0.3) is 0 Å². The van der Waals surface area contributed by atoms with Gasteiger partial charge in [-0.15, -0.1) is 11.8 Å². The van der Waals surface area contributed by atoms with Crippen LogP contribution in [0.3, 0.4) is 0 Å². The summed E-state index contributed by atoms with van der Waals surface area (Å²) < 4.78 is 27.5. The number of hydrogen-bond donors (Lipinski definition) is 1. The molecule has 1 aliphatic rings. The Morgan fingerprint density at radius 2 is 1.82 bits per heavy atom. The number of amides is 1. The molecule has 0 aliphatic carbocycles. The molecule has 0 atom stereocenters. The number of nitrogens with zero attached hydrogens (tertiary/aromatic N) is 3. The zero-order valence-electron chi connectivity index (χ0n) is 18.9. The topological polar surface area (TPSA) is 113 Å². The van der Waals surface area contributed by atoms with Crippen molar-refractivity contribution in [2.24, 2.45) is 0 Å². The van der Waals surface area contributed by atoms with Gasteiger partial charge in [-0.3, -0.25) is 14.9 Å². The van der Waals surface area contributed by atoms with E-state index in [1.54, 1.807) is 38.3 Å². The van der Waals surface area contributed by atoms with Crippen LogP contribution in [0.2, 0.25) is 0 Å². The fourth-order valence-corrected chi connectivity index (χ4v) is 5.92. The van der Waals surface area contributed by atoms with Crippen LogP contribution in [-0.4, -0.2) is 56.0 Å². The van der Waals surface area contributed by atoms with Crippen molar-refractivity contribution in [3.05, 3.63) is 52.1 Å². The Kier molecular flexibility index (Phi) is 7.98. The van der Waals surface area contributed by atoms with E-state index in [9.17, 15) is 23.3 Å². The molecule has 1 saturated heterocycles. The SMILES string of the molecule is CCN(CC)S(=O)(=O)c1ccc(N2CCCC2)c(NC(=O)c2ccc(SC)c([N+](=O)[O-])c2)c1. The minimum atomic E-state index is -3.72. The van der Waals surface area contributed by atoms with E-state index in [2.05, 4.69) is 10.2 Å². The van der Waals surface area contributed by atoms with Crippen molar-refractivity contribution in [3.8, 4) is 0 Å². The number of nitro benzene ring substituents is 1. The van der Waals surface area contributed by atoms with E-state index in [1.807, 2.05) is 0 Å². The van der Waals surface area contributed by atoms with Gasteiger partial charge in [-0.25, -0.2) is 8.42 Å². The number of nitro groups is 1. The molecule has 0 saturated carbocycles. The molecule has 2 aromatic carbocycles. The average Bonchev–Trinajstić information content (AvgIpc) is 3.33. The van der Waals surface area contributed by atoms with Gasteiger partial charge in [-0.1, -0.05) is 13.8 Å². The van der Waals surface area contributed by atoms with Crippen molar-refractivity contribution in [1.29, 1.82) is 0 Å². The minimum absolute atomic E-state index is 0.0909. The fourth-order valence-electron chi connectivity index (χ4n) is 3.89. The minimum Gasteiger partial charge on any atom is -0.370 e. The Hall–Kier alpha value is -2.63. The molecule has 0 unspecified atom stereocenters. The van der Waals surface area contributed by atoms with Gasteiger partial charge in [0.05, 0.1) is 26.1 Å². The monoisotopic (exact) mass is 492 g/mol. The number of hydrogen-bond acceptors (Lipinski definition) is 7. The predicted molar refractivity (Wildman–Crippen MR) is 131 cm³/mol. The molecule has 1 aliphatic heterocycles. The Labute approximate surface area is 198 Å². The first-order valence-corrected chi connectivity index (χ1v) is 13.4. The molecular weight excluding hydrogens is 464 g/mol. The van der Waals surface area contributed by atoms with E-state index in [0.29, 0.717) is 23.7 Å². The zero-order chi connectivity index (χ0) is 24.2. The first-order valence-electron chi connectivity index (χ1n) is 10.8. The summed E-state index contributed by atoms with van der Waals surface area (Å²) in [7, 11) is -3.72. The zero-order valence-corrected chi connectivity index (χ0v) is 20.5. The summed E-state index contributed by atoms with van der Waals surface area (Å²) in [5, 5.41) is 14.2. The van der Waals surface area contributed by atoms with Crippen molar-refractivity contribution in [1.82, 2.24) is 4.31 Å². The lowest BCUT2D eigenvalue weighted by Crippen LogP contribution is -2.31. The van der Waals surface area contributed by atoms with E-state index in [1.165, 1.54) is 34.3 Å². The van der Waals surface area contributed by atoms with Gasteiger partial charge in [0.25, 0.3) is 11.6 Å². The van der Waals surface area contributed by atoms with Crippen molar-refractivity contribution in [2.75, 3.05) is 42.7 Å². The summed E-state index contributed by atoms with van der Waals surface area (Å²) in [5.74, 6) is -0.538. The summed E-state index contributed by atoms with van der Waals surface area (Å²) >= 11 is 1.23. The highest BCUT2D eigenvalue weighted by atomic mass is 32.2. The number of carbonyl (C=O) groups excluding carboxylic acids is 1. The smallest absolute Gasteiger partial charge is 0.283 e. The molecule has 1 amide bonds. The molecule has 1 fully saturated rings. The molecule has 1 heterocycles.